The SMILES string of the molecule is Cc1ccc(NC(=O)CC(=O)NCCN(C)C)cc1Br. The Labute approximate surface area is 127 Å². The van der Waals surface area contributed by atoms with E-state index in [-0.39, 0.29) is 18.2 Å². The summed E-state index contributed by atoms with van der Waals surface area (Å²) in [6.45, 7) is 3.25. The fourth-order valence-corrected chi connectivity index (χ4v) is 1.88. The first-order valence-corrected chi connectivity index (χ1v) is 7.15. The van der Waals surface area contributed by atoms with Gasteiger partial charge in [0.2, 0.25) is 11.8 Å². The van der Waals surface area contributed by atoms with Crippen molar-refractivity contribution in [2.45, 2.75) is 13.3 Å². The van der Waals surface area contributed by atoms with Crippen molar-refractivity contribution in [2.24, 2.45) is 0 Å². The van der Waals surface area contributed by atoms with Gasteiger partial charge in [-0.2, -0.15) is 0 Å². The molecule has 20 heavy (non-hydrogen) atoms. The van der Waals surface area contributed by atoms with E-state index in [0.29, 0.717) is 12.2 Å². The molecule has 0 aliphatic carbocycles. The van der Waals surface area contributed by atoms with Crippen molar-refractivity contribution in [1.82, 2.24) is 10.2 Å². The van der Waals surface area contributed by atoms with Crippen LogP contribution in [0.1, 0.15) is 12.0 Å². The van der Waals surface area contributed by atoms with Crippen LogP contribution in [0.2, 0.25) is 0 Å². The van der Waals surface area contributed by atoms with E-state index >= 15 is 0 Å². The fraction of sp³-hybridized carbons (Fsp3) is 0.429. The van der Waals surface area contributed by atoms with Crippen molar-refractivity contribution >= 4 is 33.4 Å². The molecule has 0 saturated heterocycles. The van der Waals surface area contributed by atoms with E-state index in [1.807, 2.05) is 44.1 Å². The van der Waals surface area contributed by atoms with E-state index in [9.17, 15) is 9.59 Å². The van der Waals surface area contributed by atoms with Crippen LogP contribution in [-0.4, -0.2) is 43.9 Å². The molecule has 2 amide bonds. The molecule has 0 atom stereocenters. The van der Waals surface area contributed by atoms with E-state index in [4.69, 9.17) is 0 Å². The van der Waals surface area contributed by atoms with Gasteiger partial charge in [-0.3, -0.25) is 9.59 Å². The minimum atomic E-state index is -0.317. The Hall–Kier alpha value is -1.40. The number of hydrogen-bond acceptors (Lipinski definition) is 3. The summed E-state index contributed by atoms with van der Waals surface area (Å²) in [6.07, 6.45) is -0.168. The van der Waals surface area contributed by atoms with Gasteiger partial charge in [0, 0.05) is 23.2 Å². The molecule has 0 aliphatic rings. The van der Waals surface area contributed by atoms with E-state index in [0.717, 1.165) is 16.6 Å². The Kier molecular flexibility index (Phi) is 6.67. The quantitative estimate of drug-likeness (QED) is 0.775. The van der Waals surface area contributed by atoms with E-state index < -0.39 is 0 Å². The van der Waals surface area contributed by atoms with Crippen LogP contribution in [0.15, 0.2) is 22.7 Å². The monoisotopic (exact) mass is 341 g/mol. The maximum Gasteiger partial charge on any atom is 0.233 e. The predicted octanol–water partition coefficient (Wildman–Crippen LogP) is 1.76. The van der Waals surface area contributed by atoms with Crippen LogP contribution >= 0.6 is 15.9 Å². The lowest BCUT2D eigenvalue weighted by Gasteiger charge is -2.10. The van der Waals surface area contributed by atoms with E-state index in [1.165, 1.54) is 0 Å². The van der Waals surface area contributed by atoms with Gasteiger partial charge in [0.25, 0.3) is 0 Å². The molecule has 5 nitrogen and oxygen atoms in total. The zero-order chi connectivity index (χ0) is 15.1. The lowest BCUT2D eigenvalue weighted by atomic mass is 10.2. The number of halogens is 1. The van der Waals surface area contributed by atoms with Crippen molar-refractivity contribution in [1.29, 1.82) is 0 Å². The highest BCUT2D eigenvalue weighted by molar-refractivity contribution is 9.10. The van der Waals surface area contributed by atoms with Crippen LogP contribution in [0.5, 0.6) is 0 Å². The van der Waals surface area contributed by atoms with Gasteiger partial charge in [0.1, 0.15) is 6.42 Å². The van der Waals surface area contributed by atoms with Gasteiger partial charge in [0.15, 0.2) is 0 Å². The highest BCUT2D eigenvalue weighted by Crippen LogP contribution is 2.20. The number of likely N-dealkylation sites (N-methyl/N-ethyl adjacent to an activating group) is 1. The smallest absolute Gasteiger partial charge is 0.233 e. The molecule has 2 N–H and O–H groups in total. The number of rotatable bonds is 6. The third-order valence-electron chi connectivity index (χ3n) is 2.66. The zero-order valence-electron chi connectivity index (χ0n) is 12.0. The summed E-state index contributed by atoms with van der Waals surface area (Å²) in [6, 6.07) is 5.52. The van der Waals surface area contributed by atoms with Crippen LogP contribution in [0, 0.1) is 6.92 Å². The minimum absolute atomic E-state index is 0.168. The summed E-state index contributed by atoms with van der Waals surface area (Å²) in [4.78, 5) is 25.2. The maximum absolute atomic E-state index is 11.7. The lowest BCUT2D eigenvalue weighted by Crippen LogP contribution is -2.33. The molecule has 0 heterocycles. The first-order valence-electron chi connectivity index (χ1n) is 6.36. The number of benzene rings is 1. The third kappa shape index (κ3) is 6.16. The van der Waals surface area contributed by atoms with Crippen molar-refractivity contribution in [3.05, 3.63) is 28.2 Å². The molecule has 0 aromatic heterocycles. The minimum Gasteiger partial charge on any atom is -0.354 e. The number of carbonyl (C=O) groups is 2. The molecule has 0 fully saturated rings. The van der Waals surface area contributed by atoms with Crippen molar-refractivity contribution in [3.8, 4) is 0 Å². The Bertz CT molecular complexity index is 489. The van der Waals surface area contributed by atoms with E-state index in [2.05, 4.69) is 26.6 Å². The molecule has 0 saturated carbocycles. The molecule has 0 spiro atoms. The third-order valence-corrected chi connectivity index (χ3v) is 3.51. The summed E-state index contributed by atoms with van der Waals surface area (Å²) >= 11 is 3.40. The first kappa shape index (κ1) is 16.7. The van der Waals surface area contributed by atoms with Gasteiger partial charge in [-0.25, -0.2) is 0 Å². The number of amides is 2. The topological polar surface area (TPSA) is 61.4 Å². The van der Waals surface area contributed by atoms with Crippen LogP contribution in [-0.2, 0) is 9.59 Å². The molecule has 6 heteroatoms. The second-order valence-corrected chi connectivity index (χ2v) is 5.70. The first-order chi connectivity index (χ1) is 9.38. The summed E-state index contributed by atoms with van der Waals surface area (Å²) in [5.41, 5.74) is 1.76. The van der Waals surface area contributed by atoms with Crippen molar-refractivity contribution < 1.29 is 9.59 Å². The summed E-state index contributed by atoms with van der Waals surface area (Å²) < 4.78 is 0.922. The Morgan fingerprint density at radius 1 is 1.25 bits per heavy atom. The van der Waals surface area contributed by atoms with Crippen LogP contribution in [0.3, 0.4) is 0 Å². The van der Waals surface area contributed by atoms with Gasteiger partial charge in [-0.1, -0.05) is 22.0 Å². The number of hydrogen-bond donors (Lipinski definition) is 2. The Morgan fingerprint density at radius 3 is 2.55 bits per heavy atom. The highest BCUT2D eigenvalue weighted by atomic mass is 79.9. The van der Waals surface area contributed by atoms with Gasteiger partial charge < -0.3 is 15.5 Å². The molecule has 0 unspecified atom stereocenters. The van der Waals surface area contributed by atoms with Crippen LogP contribution in [0.4, 0.5) is 5.69 Å². The van der Waals surface area contributed by atoms with Crippen molar-refractivity contribution in [3.63, 3.8) is 0 Å². The Balaban J connectivity index is 2.39. The lowest BCUT2D eigenvalue weighted by molar-refractivity contribution is -0.126. The van der Waals surface area contributed by atoms with E-state index in [1.54, 1.807) is 0 Å². The molecular formula is C14H20BrN3O2. The Morgan fingerprint density at radius 2 is 1.95 bits per heavy atom. The van der Waals surface area contributed by atoms with Gasteiger partial charge >= 0.3 is 0 Å². The van der Waals surface area contributed by atoms with Crippen LogP contribution in [0.25, 0.3) is 0 Å². The number of nitrogens with zero attached hydrogens (tertiary/aromatic N) is 1. The van der Waals surface area contributed by atoms with Gasteiger partial charge in [0.05, 0.1) is 0 Å². The number of carbonyl (C=O) groups excluding carboxylic acids is 2. The molecule has 0 bridgehead atoms. The molecule has 0 radical (unpaired) electrons. The summed E-state index contributed by atoms with van der Waals surface area (Å²) in [5.74, 6) is -0.585. The average Bonchev–Trinajstić information content (AvgIpc) is 2.33. The highest BCUT2D eigenvalue weighted by Gasteiger charge is 2.09. The predicted molar refractivity (Wildman–Crippen MR) is 83.7 cm³/mol. The number of aryl methyl sites for hydroxylation is 1. The zero-order valence-corrected chi connectivity index (χ0v) is 13.6. The summed E-state index contributed by atoms with van der Waals surface area (Å²) in [7, 11) is 3.85. The maximum atomic E-state index is 11.7. The molecule has 1 aromatic rings. The second-order valence-electron chi connectivity index (χ2n) is 4.84. The number of nitrogens with one attached hydrogen (secondary N) is 2. The second kappa shape index (κ2) is 8.01. The van der Waals surface area contributed by atoms with Crippen molar-refractivity contribution in [2.75, 3.05) is 32.5 Å². The molecule has 0 aliphatic heterocycles. The molecule has 1 rings (SSSR count). The molecule has 110 valence electrons. The van der Waals surface area contributed by atoms with Gasteiger partial charge in [-0.05, 0) is 38.7 Å². The largest absolute Gasteiger partial charge is 0.354 e. The van der Waals surface area contributed by atoms with Crippen LogP contribution < -0.4 is 10.6 Å². The standard InChI is InChI=1S/C14H20BrN3O2/c1-10-4-5-11(8-12(10)15)17-14(20)9-13(19)16-6-7-18(2)3/h4-5,8H,6-7,9H2,1-3H3,(H,16,19)(H,17,20). The molecular weight excluding hydrogens is 322 g/mol. The molecule has 1 aromatic carbocycles. The average molecular weight is 342 g/mol. The number of anilines is 1. The normalized spacial score (nSPS) is 10.4. The summed E-state index contributed by atoms with van der Waals surface area (Å²) in [5, 5.41) is 5.40. The van der Waals surface area contributed by atoms with Gasteiger partial charge in [-0.15, -0.1) is 0 Å². The fourth-order valence-electron chi connectivity index (χ4n) is 1.50.